The zero-order valence-electron chi connectivity index (χ0n) is 18.2. The topological polar surface area (TPSA) is 63.9 Å². The number of hydrogen-bond acceptors (Lipinski definition) is 6. The van der Waals surface area contributed by atoms with Crippen molar-refractivity contribution in [1.29, 1.82) is 0 Å². The molecular weight excluding hydrogens is 392 g/mol. The smallest absolute Gasteiger partial charge is 0.336 e. The summed E-state index contributed by atoms with van der Waals surface area (Å²) in [7, 11) is 3.29. The van der Waals surface area contributed by atoms with Gasteiger partial charge >= 0.3 is 5.63 Å². The molecule has 164 valence electrons. The Labute approximate surface area is 182 Å². The highest BCUT2D eigenvalue weighted by molar-refractivity contribution is 5.81. The van der Waals surface area contributed by atoms with Crippen LogP contribution in [0.4, 0.5) is 0 Å². The number of fused-ring (bicyclic) bond motifs is 1. The van der Waals surface area contributed by atoms with E-state index in [9.17, 15) is 4.79 Å². The van der Waals surface area contributed by atoms with E-state index in [2.05, 4.69) is 22.3 Å². The minimum atomic E-state index is -0.347. The van der Waals surface area contributed by atoms with Crippen LogP contribution in [0.5, 0.6) is 11.5 Å². The molecule has 1 aromatic heterocycles. The molecule has 0 aliphatic carbocycles. The second kappa shape index (κ2) is 9.98. The highest BCUT2D eigenvalue weighted by Gasteiger charge is 2.22. The van der Waals surface area contributed by atoms with Gasteiger partial charge < -0.3 is 19.2 Å². The molecule has 0 saturated carbocycles. The Morgan fingerprint density at radius 1 is 0.968 bits per heavy atom. The van der Waals surface area contributed by atoms with Crippen LogP contribution in [0.15, 0.2) is 57.7 Å². The highest BCUT2D eigenvalue weighted by atomic mass is 16.5. The molecule has 1 saturated heterocycles. The van der Waals surface area contributed by atoms with Crippen molar-refractivity contribution >= 4 is 11.0 Å². The molecule has 1 atom stereocenters. The maximum Gasteiger partial charge on any atom is 0.336 e. The number of piperidine rings is 1. The number of nitrogens with one attached hydrogen (secondary N) is 1. The monoisotopic (exact) mass is 422 g/mol. The molecular formula is C25H30N2O4. The van der Waals surface area contributed by atoms with Gasteiger partial charge in [0.1, 0.15) is 17.1 Å². The van der Waals surface area contributed by atoms with Gasteiger partial charge in [0.05, 0.1) is 14.2 Å². The number of benzene rings is 2. The summed E-state index contributed by atoms with van der Waals surface area (Å²) in [6.07, 6.45) is 3.77. The van der Waals surface area contributed by atoms with Crippen molar-refractivity contribution in [2.75, 3.05) is 33.9 Å². The molecule has 0 bridgehead atoms. The van der Waals surface area contributed by atoms with E-state index in [4.69, 9.17) is 13.9 Å². The van der Waals surface area contributed by atoms with Crippen molar-refractivity contribution in [2.24, 2.45) is 0 Å². The zero-order valence-corrected chi connectivity index (χ0v) is 18.2. The summed E-state index contributed by atoms with van der Waals surface area (Å²) in [6.45, 7) is 3.60. The van der Waals surface area contributed by atoms with Crippen LogP contribution in [0, 0.1) is 0 Å². The fourth-order valence-electron chi connectivity index (χ4n) is 4.34. The minimum Gasteiger partial charge on any atom is -0.497 e. The molecule has 4 rings (SSSR count). The maximum absolute atomic E-state index is 12.1. The molecule has 2 aromatic carbocycles. The Balaban J connectivity index is 1.52. The summed E-state index contributed by atoms with van der Waals surface area (Å²) >= 11 is 0. The molecule has 1 aliphatic rings. The number of ether oxygens (including phenoxy) is 2. The predicted molar refractivity (Wildman–Crippen MR) is 122 cm³/mol. The molecule has 6 heteroatoms. The molecule has 3 aromatic rings. The molecule has 1 N–H and O–H groups in total. The summed E-state index contributed by atoms with van der Waals surface area (Å²) in [5.74, 6) is 1.54. The minimum absolute atomic E-state index is 0.276. The van der Waals surface area contributed by atoms with E-state index in [0.717, 1.165) is 36.3 Å². The largest absolute Gasteiger partial charge is 0.497 e. The first-order valence-corrected chi connectivity index (χ1v) is 10.9. The number of hydrogen-bond donors (Lipinski definition) is 1. The normalized spacial score (nSPS) is 15.7. The van der Waals surface area contributed by atoms with E-state index in [1.54, 1.807) is 26.4 Å². The van der Waals surface area contributed by atoms with Gasteiger partial charge in [0.25, 0.3) is 0 Å². The molecule has 6 nitrogen and oxygen atoms in total. The van der Waals surface area contributed by atoms with Crippen LogP contribution in [-0.2, 0) is 6.54 Å². The van der Waals surface area contributed by atoms with Crippen LogP contribution in [0.25, 0.3) is 11.0 Å². The van der Waals surface area contributed by atoms with E-state index >= 15 is 0 Å². The average molecular weight is 423 g/mol. The third-order valence-corrected chi connectivity index (χ3v) is 6.02. The van der Waals surface area contributed by atoms with Crippen LogP contribution in [0.3, 0.4) is 0 Å². The van der Waals surface area contributed by atoms with E-state index < -0.39 is 0 Å². The molecule has 0 spiro atoms. The molecule has 1 fully saturated rings. The first kappa shape index (κ1) is 21.4. The van der Waals surface area contributed by atoms with Gasteiger partial charge in [0, 0.05) is 36.7 Å². The Bertz CT molecular complexity index is 1060. The van der Waals surface area contributed by atoms with Gasteiger partial charge in [-0.05, 0) is 61.3 Å². The van der Waals surface area contributed by atoms with Gasteiger partial charge in [-0.2, -0.15) is 0 Å². The van der Waals surface area contributed by atoms with Crippen LogP contribution in [0.2, 0.25) is 0 Å². The number of methoxy groups -OCH3 is 2. The Hall–Kier alpha value is -2.83. The lowest BCUT2D eigenvalue weighted by molar-refractivity contribution is 0.160. The van der Waals surface area contributed by atoms with Crippen molar-refractivity contribution in [3.63, 3.8) is 0 Å². The van der Waals surface area contributed by atoms with Gasteiger partial charge in [-0.15, -0.1) is 0 Å². The SMILES string of the molecule is COc1ccc([C@H](CNCc2cc(=O)oc3cc(OC)ccc23)N2CCCCC2)cc1. The van der Waals surface area contributed by atoms with Crippen molar-refractivity contribution in [3.8, 4) is 11.5 Å². The lowest BCUT2D eigenvalue weighted by Crippen LogP contribution is -2.39. The van der Waals surface area contributed by atoms with Gasteiger partial charge in [-0.1, -0.05) is 18.6 Å². The summed E-state index contributed by atoms with van der Waals surface area (Å²) in [6, 6.07) is 15.8. The second-order valence-electron chi connectivity index (χ2n) is 7.97. The van der Waals surface area contributed by atoms with E-state index in [1.165, 1.54) is 24.8 Å². The highest BCUT2D eigenvalue weighted by Crippen LogP contribution is 2.27. The molecule has 2 heterocycles. The number of nitrogens with zero attached hydrogens (tertiary/aromatic N) is 1. The Morgan fingerprint density at radius 2 is 1.68 bits per heavy atom. The first-order valence-electron chi connectivity index (χ1n) is 10.9. The molecule has 31 heavy (non-hydrogen) atoms. The van der Waals surface area contributed by atoms with Gasteiger partial charge in [0.2, 0.25) is 0 Å². The molecule has 1 aliphatic heterocycles. The van der Waals surface area contributed by atoms with Crippen molar-refractivity contribution in [2.45, 2.75) is 31.8 Å². The number of rotatable bonds is 8. The second-order valence-corrected chi connectivity index (χ2v) is 7.97. The van der Waals surface area contributed by atoms with Crippen LogP contribution >= 0.6 is 0 Å². The molecule has 0 unspecified atom stereocenters. The Kier molecular flexibility index (Phi) is 6.89. The Morgan fingerprint density at radius 3 is 2.39 bits per heavy atom. The fourth-order valence-corrected chi connectivity index (χ4v) is 4.34. The van der Waals surface area contributed by atoms with Gasteiger partial charge in [-0.25, -0.2) is 4.79 Å². The standard InChI is InChI=1S/C25H30N2O4/c1-29-20-8-6-18(7-9-20)23(27-12-4-3-5-13-27)17-26-16-19-14-25(28)31-24-15-21(30-2)10-11-22(19)24/h6-11,14-15,23,26H,3-5,12-13,16-17H2,1-2H3/t23-/m0/s1. The number of likely N-dealkylation sites (tertiary alicyclic amines) is 1. The first-order chi connectivity index (χ1) is 15.2. The maximum atomic E-state index is 12.1. The average Bonchev–Trinajstić information content (AvgIpc) is 2.82. The zero-order chi connectivity index (χ0) is 21.6. The molecule has 0 amide bonds. The van der Waals surface area contributed by atoms with E-state index in [0.29, 0.717) is 17.9 Å². The third kappa shape index (κ3) is 5.09. The van der Waals surface area contributed by atoms with Crippen molar-refractivity contribution < 1.29 is 13.9 Å². The molecule has 0 radical (unpaired) electrons. The van der Waals surface area contributed by atoms with Gasteiger partial charge in [-0.3, -0.25) is 4.90 Å². The quantitative estimate of drug-likeness (QED) is 0.551. The fraction of sp³-hybridized carbons (Fsp3) is 0.400. The van der Waals surface area contributed by atoms with Gasteiger partial charge in [0.15, 0.2) is 0 Å². The van der Waals surface area contributed by atoms with E-state index in [1.807, 2.05) is 24.3 Å². The third-order valence-electron chi connectivity index (χ3n) is 6.02. The summed E-state index contributed by atoms with van der Waals surface area (Å²) in [5, 5.41) is 4.51. The lowest BCUT2D eigenvalue weighted by Gasteiger charge is -2.35. The lowest BCUT2D eigenvalue weighted by atomic mass is 10.0. The summed E-state index contributed by atoms with van der Waals surface area (Å²) < 4.78 is 16.0. The predicted octanol–water partition coefficient (Wildman–Crippen LogP) is 4.13. The van der Waals surface area contributed by atoms with E-state index in [-0.39, 0.29) is 11.7 Å². The van der Waals surface area contributed by atoms with Crippen LogP contribution < -0.4 is 20.4 Å². The van der Waals surface area contributed by atoms with Crippen LogP contribution in [-0.4, -0.2) is 38.8 Å². The van der Waals surface area contributed by atoms with Crippen molar-refractivity contribution in [1.82, 2.24) is 10.2 Å². The van der Waals surface area contributed by atoms with Crippen molar-refractivity contribution in [3.05, 3.63) is 70.1 Å². The van der Waals surface area contributed by atoms with Crippen LogP contribution in [0.1, 0.15) is 36.4 Å². The summed E-state index contributed by atoms with van der Waals surface area (Å²) in [5.41, 5.74) is 2.41. The summed E-state index contributed by atoms with van der Waals surface area (Å²) in [4.78, 5) is 14.6.